The van der Waals surface area contributed by atoms with Gasteiger partial charge in [0.05, 0.1) is 17.7 Å². The number of esters is 1. The molecule has 0 radical (unpaired) electrons. The van der Waals surface area contributed by atoms with E-state index in [1.54, 1.807) is 36.4 Å². The molecule has 7 heteroatoms. The molecule has 3 aromatic carbocycles. The lowest BCUT2D eigenvalue weighted by molar-refractivity contribution is -0.123. The SMILES string of the molecule is CCCOC(=O)c1cccc(NC(=O)c2cc3ccccc3cc2OCC(=O)NC(C)C)c1. The van der Waals surface area contributed by atoms with Crippen LogP contribution in [-0.4, -0.2) is 37.0 Å². The Morgan fingerprint density at radius 3 is 2.36 bits per heavy atom. The first-order chi connectivity index (χ1) is 15.9. The molecule has 0 unspecified atom stereocenters. The highest BCUT2D eigenvalue weighted by Crippen LogP contribution is 2.27. The second-order valence-corrected chi connectivity index (χ2v) is 7.88. The summed E-state index contributed by atoms with van der Waals surface area (Å²) in [4.78, 5) is 37.3. The highest BCUT2D eigenvalue weighted by molar-refractivity contribution is 6.09. The highest BCUT2D eigenvalue weighted by atomic mass is 16.5. The van der Waals surface area contributed by atoms with Crippen molar-refractivity contribution in [2.24, 2.45) is 0 Å². The van der Waals surface area contributed by atoms with E-state index in [9.17, 15) is 14.4 Å². The summed E-state index contributed by atoms with van der Waals surface area (Å²) in [5, 5.41) is 7.31. The number of carbonyl (C=O) groups is 3. The van der Waals surface area contributed by atoms with E-state index >= 15 is 0 Å². The molecule has 172 valence electrons. The van der Waals surface area contributed by atoms with Crippen LogP contribution in [0.1, 0.15) is 47.9 Å². The predicted molar refractivity (Wildman–Crippen MR) is 128 cm³/mol. The monoisotopic (exact) mass is 448 g/mol. The van der Waals surface area contributed by atoms with Gasteiger partial charge >= 0.3 is 5.97 Å². The molecule has 0 aliphatic carbocycles. The number of rotatable bonds is 9. The van der Waals surface area contributed by atoms with Crippen LogP contribution in [0.3, 0.4) is 0 Å². The van der Waals surface area contributed by atoms with Gasteiger partial charge in [-0.15, -0.1) is 0 Å². The van der Waals surface area contributed by atoms with Gasteiger partial charge in [-0.2, -0.15) is 0 Å². The van der Waals surface area contributed by atoms with Crippen LogP contribution in [0.4, 0.5) is 5.69 Å². The molecular formula is C26H28N2O5. The Morgan fingerprint density at radius 2 is 1.67 bits per heavy atom. The van der Waals surface area contributed by atoms with Crippen LogP contribution >= 0.6 is 0 Å². The third kappa shape index (κ3) is 6.55. The average molecular weight is 449 g/mol. The molecule has 2 amide bonds. The average Bonchev–Trinajstić information content (AvgIpc) is 2.80. The van der Waals surface area contributed by atoms with Crippen molar-refractivity contribution < 1.29 is 23.9 Å². The van der Waals surface area contributed by atoms with Gasteiger partial charge in [-0.05, 0) is 61.4 Å². The van der Waals surface area contributed by atoms with E-state index in [0.29, 0.717) is 23.6 Å². The fourth-order valence-corrected chi connectivity index (χ4v) is 3.22. The van der Waals surface area contributed by atoms with E-state index in [0.717, 1.165) is 17.2 Å². The normalized spacial score (nSPS) is 10.7. The van der Waals surface area contributed by atoms with Gasteiger partial charge in [-0.3, -0.25) is 9.59 Å². The van der Waals surface area contributed by atoms with Crippen molar-refractivity contribution in [3.63, 3.8) is 0 Å². The van der Waals surface area contributed by atoms with Crippen LogP contribution in [0.5, 0.6) is 5.75 Å². The molecule has 0 heterocycles. The molecule has 0 aliphatic rings. The number of carbonyl (C=O) groups excluding carboxylic acids is 3. The fourth-order valence-electron chi connectivity index (χ4n) is 3.22. The molecule has 7 nitrogen and oxygen atoms in total. The fraction of sp³-hybridized carbons (Fsp3) is 0.269. The summed E-state index contributed by atoms with van der Waals surface area (Å²) < 4.78 is 10.9. The molecule has 0 saturated heterocycles. The number of fused-ring (bicyclic) bond motifs is 1. The topological polar surface area (TPSA) is 93.7 Å². The number of hydrogen-bond acceptors (Lipinski definition) is 5. The van der Waals surface area contributed by atoms with E-state index < -0.39 is 11.9 Å². The van der Waals surface area contributed by atoms with Crippen LogP contribution in [0.15, 0.2) is 60.7 Å². The number of nitrogens with one attached hydrogen (secondary N) is 2. The molecule has 3 aromatic rings. The van der Waals surface area contributed by atoms with Crippen molar-refractivity contribution in [2.75, 3.05) is 18.5 Å². The lowest BCUT2D eigenvalue weighted by Crippen LogP contribution is -2.34. The largest absolute Gasteiger partial charge is 0.483 e. The van der Waals surface area contributed by atoms with Crippen LogP contribution in [0.25, 0.3) is 10.8 Å². The Balaban J connectivity index is 1.84. The summed E-state index contributed by atoms with van der Waals surface area (Å²) in [6.07, 6.45) is 0.724. The Morgan fingerprint density at radius 1 is 0.939 bits per heavy atom. The maximum Gasteiger partial charge on any atom is 0.338 e. The van der Waals surface area contributed by atoms with Crippen LogP contribution in [-0.2, 0) is 9.53 Å². The predicted octanol–water partition coefficient (Wildman–Crippen LogP) is 4.56. The van der Waals surface area contributed by atoms with Crippen molar-refractivity contribution in [2.45, 2.75) is 33.2 Å². The lowest BCUT2D eigenvalue weighted by Gasteiger charge is -2.14. The number of amides is 2. The molecule has 0 atom stereocenters. The molecule has 3 rings (SSSR count). The molecule has 0 bridgehead atoms. The molecular weight excluding hydrogens is 420 g/mol. The van der Waals surface area contributed by atoms with Gasteiger partial charge in [-0.25, -0.2) is 4.79 Å². The van der Waals surface area contributed by atoms with Crippen LogP contribution in [0.2, 0.25) is 0 Å². The zero-order chi connectivity index (χ0) is 23.8. The third-order valence-corrected chi connectivity index (χ3v) is 4.69. The van der Waals surface area contributed by atoms with E-state index in [1.165, 1.54) is 0 Å². The Hall–Kier alpha value is -3.87. The van der Waals surface area contributed by atoms with E-state index in [1.807, 2.05) is 45.0 Å². The minimum absolute atomic E-state index is 0.0169. The summed E-state index contributed by atoms with van der Waals surface area (Å²) in [6.45, 7) is 5.75. The number of ether oxygens (including phenoxy) is 2. The third-order valence-electron chi connectivity index (χ3n) is 4.69. The second kappa shape index (κ2) is 11.1. The molecule has 0 saturated carbocycles. The van der Waals surface area contributed by atoms with Crippen molar-refractivity contribution in [1.29, 1.82) is 0 Å². The van der Waals surface area contributed by atoms with Crippen LogP contribution < -0.4 is 15.4 Å². The molecule has 0 spiro atoms. The van der Waals surface area contributed by atoms with Gasteiger partial charge in [0.2, 0.25) is 0 Å². The summed E-state index contributed by atoms with van der Waals surface area (Å²) in [5.41, 5.74) is 1.08. The van der Waals surface area contributed by atoms with Gasteiger partial charge in [0.1, 0.15) is 5.75 Å². The van der Waals surface area contributed by atoms with E-state index in [4.69, 9.17) is 9.47 Å². The standard InChI is InChI=1S/C26H28N2O5/c1-4-12-32-26(31)20-10-7-11-21(13-20)28-25(30)22-14-18-8-5-6-9-19(18)15-23(22)33-16-24(29)27-17(2)3/h5-11,13-15,17H,4,12,16H2,1-3H3,(H,27,29)(H,28,30). The minimum atomic E-state index is -0.446. The first kappa shape index (κ1) is 23.8. The van der Waals surface area contributed by atoms with E-state index in [-0.39, 0.29) is 24.1 Å². The molecule has 33 heavy (non-hydrogen) atoms. The van der Waals surface area contributed by atoms with Gasteiger partial charge in [-0.1, -0.05) is 37.3 Å². The smallest absolute Gasteiger partial charge is 0.338 e. The maximum absolute atomic E-state index is 13.1. The molecule has 0 aromatic heterocycles. The summed E-state index contributed by atoms with van der Waals surface area (Å²) in [5.74, 6) is -0.843. The number of hydrogen-bond donors (Lipinski definition) is 2. The molecule has 0 aliphatic heterocycles. The zero-order valence-corrected chi connectivity index (χ0v) is 19.0. The van der Waals surface area contributed by atoms with E-state index in [2.05, 4.69) is 10.6 Å². The van der Waals surface area contributed by atoms with Gasteiger partial charge < -0.3 is 20.1 Å². The summed E-state index contributed by atoms with van der Waals surface area (Å²) in [6, 6.07) is 17.6. The number of benzene rings is 3. The minimum Gasteiger partial charge on any atom is -0.483 e. The lowest BCUT2D eigenvalue weighted by atomic mass is 10.0. The number of anilines is 1. The Bertz CT molecular complexity index is 1160. The first-order valence-corrected chi connectivity index (χ1v) is 10.9. The van der Waals surface area contributed by atoms with Crippen molar-refractivity contribution in [1.82, 2.24) is 5.32 Å². The van der Waals surface area contributed by atoms with Gasteiger partial charge in [0.25, 0.3) is 11.8 Å². The zero-order valence-electron chi connectivity index (χ0n) is 19.0. The van der Waals surface area contributed by atoms with Crippen LogP contribution in [0, 0.1) is 0 Å². The quantitative estimate of drug-likeness (QED) is 0.468. The van der Waals surface area contributed by atoms with Crippen molar-refractivity contribution in [3.05, 3.63) is 71.8 Å². The summed E-state index contributed by atoms with van der Waals surface area (Å²) in [7, 11) is 0. The van der Waals surface area contributed by atoms with Crippen molar-refractivity contribution >= 4 is 34.2 Å². The molecule has 2 N–H and O–H groups in total. The highest BCUT2D eigenvalue weighted by Gasteiger charge is 2.17. The Kier molecular flexibility index (Phi) is 8.02. The maximum atomic E-state index is 13.1. The second-order valence-electron chi connectivity index (χ2n) is 7.88. The molecule has 0 fully saturated rings. The van der Waals surface area contributed by atoms with Gasteiger partial charge in [0.15, 0.2) is 6.61 Å². The van der Waals surface area contributed by atoms with Gasteiger partial charge in [0, 0.05) is 11.7 Å². The summed E-state index contributed by atoms with van der Waals surface area (Å²) >= 11 is 0. The first-order valence-electron chi connectivity index (χ1n) is 10.9. The Labute approximate surface area is 193 Å². The van der Waals surface area contributed by atoms with Crippen molar-refractivity contribution in [3.8, 4) is 5.75 Å².